The van der Waals surface area contributed by atoms with E-state index in [1.165, 1.54) is 24.3 Å². The molecule has 5 heteroatoms. The largest absolute Gasteiger partial charge is 0.478 e. The van der Waals surface area contributed by atoms with Crippen LogP contribution >= 0.6 is 0 Å². The summed E-state index contributed by atoms with van der Waals surface area (Å²) in [5, 5.41) is 18.1. The molecule has 0 spiro atoms. The zero-order valence-electron chi connectivity index (χ0n) is 10.3. The van der Waals surface area contributed by atoms with Crippen LogP contribution in [0.5, 0.6) is 0 Å². The minimum absolute atomic E-state index is 0.114. The van der Waals surface area contributed by atoms with Gasteiger partial charge >= 0.3 is 11.9 Å². The maximum absolute atomic E-state index is 11.6. The van der Waals surface area contributed by atoms with E-state index in [1.54, 1.807) is 13.8 Å². The van der Waals surface area contributed by atoms with E-state index in [4.69, 9.17) is 9.84 Å². The molecule has 0 heterocycles. The number of hydrogen-bond acceptors (Lipinski definition) is 4. The maximum atomic E-state index is 11.6. The second-order valence-electron chi connectivity index (χ2n) is 4.58. The average Bonchev–Trinajstić information content (AvgIpc) is 2.27. The molecule has 5 nitrogen and oxygen atoms in total. The van der Waals surface area contributed by atoms with Gasteiger partial charge in [0.2, 0.25) is 0 Å². The Labute approximate surface area is 105 Å². The van der Waals surface area contributed by atoms with E-state index in [1.807, 2.05) is 0 Å². The molecule has 18 heavy (non-hydrogen) atoms. The molecule has 98 valence electrons. The summed E-state index contributed by atoms with van der Waals surface area (Å²) in [7, 11) is 0. The number of hydrogen-bond donors (Lipinski definition) is 2. The Morgan fingerprint density at radius 1 is 1.17 bits per heavy atom. The topological polar surface area (TPSA) is 83.8 Å². The van der Waals surface area contributed by atoms with Crippen LogP contribution in [-0.2, 0) is 4.74 Å². The second kappa shape index (κ2) is 5.64. The molecular weight excluding hydrogens is 236 g/mol. The zero-order valence-corrected chi connectivity index (χ0v) is 10.3. The molecule has 0 saturated heterocycles. The van der Waals surface area contributed by atoms with Crippen molar-refractivity contribution in [2.45, 2.75) is 25.9 Å². The normalized spacial score (nSPS) is 11.1. The van der Waals surface area contributed by atoms with Gasteiger partial charge < -0.3 is 14.9 Å². The van der Waals surface area contributed by atoms with Crippen molar-refractivity contribution in [3.05, 3.63) is 35.4 Å². The summed E-state index contributed by atoms with van der Waals surface area (Å²) in [5.74, 6) is -1.58. The van der Waals surface area contributed by atoms with Crippen molar-refractivity contribution >= 4 is 11.9 Å². The van der Waals surface area contributed by atoms with Crippen molar-refractivity contribution in [1.29, 1.82) is 0 Å². The number of carbonyl (C=O) groups excluding carboxylic acids is 1. The molecule has 0 atom stereocenters. The Balaban J connectivity index is 2.54. The van der Waals surface area contributed by atoms with E-state index in [0.717, 1.165) is 0 Å². The Morgan fingerprint density at radius 2 is 1.67 bits per heavy atom. The minimum Gasteiger partial charge on any atom is -0.478 e. The smallest absolute Gasteiger partial charge is 0.338 e. The highest BCUT2D eigenvalue weighted by Gasteiger charge is 2.14. The van der Waals surface area contributed by atoms with E-state index in [0.29, 0.717) is 6.42 Å². The number of aromatic carboxylic acids is 1. The minimum atomic E-state index is -1.04. The van der Waals surface area contributed by atoms with Gasteiger partial charge in [0.15, 0.2) is 0 Å². The van der Waals surface area contributed by atoms with Crippen molar-refractivity contribution in [2.75, 3.05) is 6.61 Å². The third kappa shape index (κ3) is 4.55. The van der Waals surface area contributed by atoms with Crippen molar-refractivity contribution in [3.8, 4) is 0 Å². The van der Waals surface area contributed by atoms with Gasteiger partial charge in [-0.1, -0.05) is 0 Å². The molecular formula is C13H16O5. The van der Waals surface area contributed by atoms with Gasteiger partial charge in [-0.15, -0.1) is 0 Å². The second-order valence-corrected chi connectivity index (χ2v) is 4.58. The first kappa shape index (κ1) is 14.2. The fourth-order valence-electron chi connectivity index (χ4n) is 1.23. The standard InChI is InChI=1S/C13H16O5/c1-13(2,17)7-8-18-12(16)10-5-3-9(4-6-10)11(14)15/h3-6,17H,7-8H2,1-2H3,(H,14,15). The summed E-state index contributed by atoms with van der Waals surface area (Å²) in [6.45, 7) is 3.37. The third-order valence-corrected chi connectivity index (χ3v) is 2.31. The predicted molar refractivity (Wildman–Crippen MR) is 64.6 cm³/mol. The summed E-state index contributed by atoms with van der Waals surface area (Å²) < 4.78 is 4.96. The number of esters is 1. The highest BCUT2D eigenvalue weighted by atomic mass is 16.5. The van der Waals surface area contributed by atoms with Gasteiger partial charge in [-0.25, -0.2) is 9.59 Å². The molecule has 0 fully saturated rings. The summed E-state index contributed by atoms with van der Waals surface area (Å²) in [6, 6.07) is 5.48. The molecule has 2 N–H and O–H groups in total. The lowest BCUT2D eigenvalue weighted by Crippen LogP contribution is -2.22. The fourth-order valence-corrected chi connectivity index (χ4v) is 1.23. The number of carbonyl (C=O) groups is 2. The quantitative estimate of drug-likeness (QED) is 0.779. The van der Waals surface area contributed by atoms with Crippen LogP contribution < -0.4 is 0 Å². The number of ether oxygens (including phenoxy) is 1. The number of rotatable bonds is 5. The zero-order chi connectivity index (χ0) is 13.8. The molecule has 0 aliphatic rings. The highest BCUT2D eigenvalue weighted by Crippen LogP contribution is 2.09. The van der Waals surface area contributed by atoms with Crippen molar-refractivity contribution in [1.82, 2.24) is 0 Å². The molecule has 0 bridgehead atoms. The van der Waals surface area contributed by atoms with Gasteiger partial charge in [0, 0.05) is 6.42 Å². The number of benzene rings is 1. The Bertz CT molecular complexity index is 428. The summed E-state index contributed by atoms with van der Waals surface area (Å²) in [6.07, 6.45) is 0.339. The molecule has 1 aromatic rings. The molecule has 0 saturated carbocycles. The molecule has 1 rings (SSSR count). The summed E-state index contributed by atoms with van der Waals surface area (Å²) in [5.41, 5.74) is -0.480. The van der Waals surface area contributed by atoms with Crippen LogP contribution in [0.2, 0.25) is 0 Å². The first-order chi connectivity index (χ1) is 8.29. The van der Waals surface area contributed by atoms with E-state index < -0.39 is 17.5 Å². The molecule has 0 amide bonds. The molecule has 0 aromatic heterocycles. The van der Waals surface area contributed by atoms with Crippen LogP contribution in [0.3, 0.4) is 0 Å². The Morgan fingerprint density at radius 3 is 2.11 bits per heavy atom. The van der Waals surface area contributed by atoms with Crippen molar-refractivity contribution < 1.29 is 24.5 Å². The highest BCUT2D eigenvalue weighted by molar-refractivity contribution is 5.92. The first-order valence-corrected chi connectivity index (χ1v) is 5.52. The van der Waals surface area contributed by atoms with E-state index in [9.17, 15) is 14.7 Å². The van der Waals surface area contributed by atoms with Crippen LogP contribution in [0.4, 0.5) is 0 Å². The summed E-state index contributed by atoms with van der Waals surface area (Å²) >= 11 is 0. The third-order valence-electron chi connectivity index (χ3n) is 2.31. The molecule has 0 aliphatic heterocycles. The van der Waals surface area contributed by atoms with Crippen molar-refractivity contribution in [3.63, 3.8) is 0 Å². The van der Waals surface area contributed by atoms with Gasteiger partial charge in [0.05, 0.1) is 23.3 Å². The van der Waals surface area contributed by atoms with Gasteiger partial charge in [-0.3, -0.25) is 0 Å². The van der Waals surface area contributed by atoms with Crippen molar-refractivity contribution in [2.24, 2.45) is 0 Å². The average molecular weight is 252 g/mol. The molecule has 0 aliphatic carbocycles. The lowest BCUT2D eigenvalue weighted by molar-refractivity contribution is 0.0244. The monoisotopic (exact) mass is 252 g/mol. The SMILES string of the molecule is CC(C)(O)CCOC(=O)c1ccc(C(=O)O)cc1. The maximum Gasteiger partial charge on any atom is 0.338 e. The Kier molecular flexibility index (Phi) is 4.44. The predicted octanol–water partition coefficient (Wildman–Crippen LogP) is 1.70. The van der Waals surface area contributed by atoms with Crippen LogP contribution in [-0.4, -0.2) is 34.4 Å². The molecule has 0 radical (unpaired) electrons. The Hall–Kier alpha value is -1.88. The van der Waals surface area contributed by atoms with Crippen LogP contribution in [0.1, 0.15) is 41.0 Å². The van der Waals surface area contributed by atoms with E-state index in [-0.39, 0.29) is 17.7 Å². The van der Waals surface area contributed by atoms with Gasteiger partial charge in [0.25, 0.3) is 0 Å². The van der Waals surface area contributed by atoms with Crippen LogP contribution in [0.25, 0.3) is 0 Å². The molecule has 1 aromatic carbocycles. The fraction of sp³-hybridized carbons (Fsp3) is 0.385. The lowest BCUT2D eigenvalue weighted by Gasteiger charge is -2.16. The van der Waals surface area contributed by atoms with Gasteiger partial charge in [-0.2, -0.15) is 0 Å². The van der Waals surface area contributed by atoms with E-state index >= 15 is 0 Å². The van der Waals surface area contributed by atoms with E-state index in [2.05, 4.69) is 0 Å². The lowest BCUT2D eigenvalue weighted by atomic mass is 10.1. The summed E-state index contributed by atoms with van der Waals surface area (Å²) in [4.78, 5) is 22.2. The molecule has 0 unspecified atom stereocenters. The van der Waals surface area contributed by atoms with Crippen LogP contribution in [0.15, 0.2) is 24.3 Å². The first-order valence-electron chi connectivity index (χ1n) is 5.52. The van der Waals surface area contributed by atoms with Crippen LogP contribution in [0, 0.1) is 0 Å². The van der Waals surface area contributed by atoms with Gasteiger partial charge in [-0.05, 0) is 38.1 Å². The number of carboxylic acids is 1. The number of carboxylic acid groups (broad SMARTS) is 1. The number of aliphatic hydroxyl groups is 1. The van der Waals surface area contributed by atoms with Gasteiger partial charge in [0.1, 0.15) is 0 Å².